The molecule has 1 N–H and O–H groups in total. The molecule has 1 atom stereocenters. The van der Waals surface area contributed by atoms with Gasteiger partial charge >= 0.3 is 0 Å². The van der Waals surface area contributed by atoms with Gasteiger partial charge in [0.05, 0.1) is 16.6 Å². The van der Waals surface area contributed by atoms with Crippen LogP contribution in [0, 0.1) is 0 Å². The Morgan fingerprint density at radius 1 is 0.933 bits per heavy atom. The summed E-state index contributed by atoms with van der Waals surface area (Å²) in [5, 5.41) is 2.86. The van der Waals surface area contributed by atoms with Crippen LogP contribution in [0.3, 0.4) is 0 Å². The van der Waals surface area contributed by atoms with Gasteiger partial charge in [-0.1, -0.05) is 48.5 Å². The second-order valence-electron chi connectivity index (χ2n) is 7.16. The minimum Gasteiger partial charge on any atom is -0.325 e. The molecule has 1 aliphatic rings. The van der Waals surface area contributed by atoms with Crippen molar-refractivity contribution < 1.29 is 13.8 Å². The van der Waals surface area contributed by atoms with E-state index in [2.05, 4.69) is 5.32 Å². The van der Waals surface area contributed by atoms with E-state index in [1.54, 1.807) is 11.0 Å². The highest BCUT2D eigenvalue weighted by atomic mass is 32.2. The number of nitrogens with one attached hydrogen (secondary N) is 1. The number of carbonyl (C=O) groups is 2. The maximum absolute atomic E-state index is 12.6. The smallest absolute Gasteiger partial charge is 0.244 e. The number of fused-ring (bicyclic) bond motifs is 1. The molecule has 6 heteroatoms. The number of amides is 2. The summed E-state index contributed by atoms with van der Waals surface area (Å²) in [6.45, 7) is -0.0317. The number of benzene rings is 3. The number of carbonyl (C=O) groups excluding carboxylic acids is 2. The largest absolute Gasteiger partial charge is 0.325 e. The van der Waals surface area contributed by atoms with Crippen LogP contribution in [0.5, 0.6) is 0 Å². The lowest BCUT2D eigenvalue weighted by atomic mass is 10.0. The highest BCUT2D eigenvalue weighted by molar-refractivity contribution is 7.84. The van der Waals surface area contributed by atoms with Crippen molar-refractivity contribution in [2.45, 2.75) is 23.5 Å². The van der Waals surface area contributed by atoms with Crippen LogP contribution in [0.2, 0.25) is 0 Å². The summed E-state index contributed by atoms with van der Waals surface area (Å²) in [4.78, 5) is 27.3. The second kappa shape index (κ2) is 9.05. The fourth-order valence-electron chi connectivity index (χ4n) is 3.56. The molecular formula is C24H22N2O3S. The summed E-state index contributed by atoms with van der Waals surface area (Å²) in [5.41, 5.74) is 3.38. The molecule has 3 aromatic rings. The second-order valence-corrected chi connectivity index (χ2v) is 8.61. The summed E-state index contributed by atoms with van der Waals surface area (Å²) in [5.74, 6) is 0.0587. The molecule has 0 radical (unpaired) electrons. The highest BCUT2D eigenvalue weighted by Gasteiger charge is 2.25. The fraction of sp³-hybridized carbons (Fsp3) is 0.167. The van der Waals surface area contributed by atoms with Gasteiger partial charge in [-0.05, 0) is 47.9 Å². The van der Waals surface area contributed by atoms with E-state index in [1.165, 1.54) is 0 Å². The summed E-state index contributed by atoms with van der Waals surface area (Å²) >= 11 is 0. The Labute approximate surface area is 178 Å². The van der Waals surface area contributed by atoms with Gasteiger partial charge in [0, 0.05) is 22.7 Å². The molecule has 0 saturated heterocycles. The molecule has 0 aliphatic carbocycles. The van der Waals surface area contributed by atoms with Crippen molar-refractivity contribution in [2.75, 3.05) is 16.8 Å². The van der Waals surface area contributed by atoms with Crippen molar-refractivity contribution in [3.05, 3.63) is 90.0 Å². The zero-order valence-electron chi connectivity index (χ0n) is 16.4. The first kappa shape index (κ1) is 20.0. The zero-order chi connectivity index (χ0) is 20.9. The summed E-state index contributed by atoms with van der Waals surface area (Å²) in [6.07, 6.45) is 1.11. The van der Waals surface area contributed by atoms with E-state index in [9.17, 15) is 13.8 Å². The molecular weight excluding hydrogens is 396 g/mol. The van der Waals surface area contributed by atoms with E-state index in [-0.39, 0.29) is 18.4 Å². The van der Waals surface area contributed by atoms with Crippen molar-refractivity contribution in [3.8, 4) is 0 Å². The Hall–Kier alpha value is -3.25. The van der Waals surface area contributed by atoms with E-state index in [0.717, 1.165) is 21.7 Å². The molecule has 0 spiro atoms. The predicted octanol–water partition coefficient (Wildman–Crippen LogP) is 3.91. The van der Waals surface area contributed by atoms with Crippen LogP contribution in [0.1, 0.15) is 17.5 Å². The molecule has 152 valence electrons. The topological polar surface area (TPSA) is 66.5 Å². The Morgan fingerprint density at radius 2 is 1.70 bits per heavy atom. The van der Waals surface area contributed by atoms with E-state index >= 15 is 0 Å². The average Bonchev–Trinajstić information content (AvgIpc) is 2.76. The minimum absolute atomic E-state index is 0.0317. The monoisotopic (exact) mass is 418 g/mol. The van der Waals surface area contributed by atoms with Crippen molar-refractivity contribution in [2.24, 2.45) is 0 Å². The van der Waals surface area contributed by atoms with Gasteiger partial charge in [-0.3, -0.25) is 13.8 Å². The lowest BCUT2D eigenvalue weighted by Gasteiger charge is -2.28. The van der Waals surface area contributed by atoms with Crippen LogP contribution in [-0.4, -0.2) is 22.6 Å². The van der Waals surface area contributed by atoms with Crippen molar-refractivity contribution in [1.29, 1.82) is 0 Å². The third-order valence-electron chi connectivity index (χ3n) is 5.01. The molecule has 0 aromatic heterocycles. The third-order valence-corrected chi connectivity index (χ3v) is 6.40. The predicted molar refractivity (Wildman–Crippen MR) is 119 cm³/mol. The molecule has 0 fully saturated rings. The van der Waals surface area contributed by atoms with Crippen molar-refractivity contribution in [3.63, 3.8) is 0 Å². The summed E-state index contributed by atoms with van der Waals surface area (Å²) in [7, 11) is -1.16. The van der Waals surface area contributed by atoms with E-state index in [4.69, 9.17) is 0 Å². The van der Waals surface area contributed by atoms with Crippen LogP contribution < -0.4 is 10.2 Å². The minimum atomic E-state index is -1.16. The molecule has 0 saturated carbocycles. The first-order chi connectivity index (χ1) is 14.6. The van der Waals surface area contributed by atoms with Gasteiger partial charge in [-0.15, -0.1) is 0 Å². The maximum Gasteiger partial charge on any atom is 0.244 e. The molecule has 2 amide bonds. The molecule has 30 heavy (non-hydrogen) atoms. The molecule has 0 bridgehead atoms. The Kier molecular flexibility index (Phi) is 6.05. The molecule has 3 aromatic carbocycles. The van der Waals surface area contributed by atoms with Crippen molar-refractivity contribution in [1.82, 2.24) is 0 Å². The van der Waals surface area contributed by atoms with Crippen LogP contribution in [0.25, 0.3) is 0 Å². The number of nitrogens with zero attached hydrogens (tertiary/aromatic N) is 1. The molecule has 5 nitrogen and oxygen atoms in total. The number of aryl methyl sites for hydroxylation is 1. The van der Waals surface area contributed by atoms with Crippen LogP contribution in [0.15, 0.2) is 83.8 Å². The number of anilines is 2. The van der Waals surface area contributed by atoms with Crippen LogP contribution in [-0.2, 0) is 32.6 Å². The van der Waals surface area contributed by atoms with E-state index in [0.29, 0.717) is 24.3 Å². The van der Waals surface area contributed by atoms with Gasteiger partial charge in [0.25, 0.3) is 0 Å². The molecule has 1 heterocycles. The van der Waals surface area contributed by atoms with Gasteiger partial charge in [-0.2, -0.15) is 0 Å². The summed E-state index contributed by atoms with van der Waals surface area (Å²) in [6, 6.07) is 24.3. The number of para-hydroxylation sites is 1. The molecule has 4 rings (SSSR count). The summed E-state index contributed by atoms with van der Waals surface area (Å²) < 4.78 is 12.5. The molecule has 1 aliphatic heterocycles. The highest BCUT2D eigenvalue weighted by Crippen LogP contribution is 2.27. The third kappa shape index (κ3) is 4.66. The number of rotatable bonds is 6. The maximum atomic E-state index is 12.6. The molecule has 1 unspecified atom stereocenters. The lowest BCUT2D eigenvalue weighted by Crippen LogP contribution is -2.40. The normalized spacial score (nSPS) is 14.1. The van der Waals surface area contributed by atoms with E-state index < -0.39 is 10.8 Å². The fourth-order valence-corrected chi connectivity index (χ4v) is 4.67. The van der Waals surface area contributed by atoms with Gasteiger partial charge in [0.1, 0.15) is 6.54 Å². The lowest BCUT2D eigenvalue weighted by molar-refractivity contribution is -0.121. The van der Waals surface area contributed by atoms with Gasteiger partial charge in [0.15, 0.2) is 0 Å². The standard InChI is InChI=1S/C24H22N2O3S/c27-23(16-26-22-12-5-4-8-19(22)13-14-24(26)28)25-20-9-6-7-18(15-20)17-30(29)21-10-2-1-3-11-21/h1-12,15H,13-14,16-17H2,(H,25,27). The average molecular weight is 419 g/mol. The first-order valence-corrected chi connectivity index (χ1v) is 11.1. The number of hydrogen-bond acceptors (Lipinski definition) is 3. The van der Waals surface area contributed by atoms with Gasteiger partial charge in [-0.25, -0.2) is 0 Å². The van der Waals surface area contributed by atoms with Crippen molar-refractivity contribution >= 4 is 34.0 Å². The Balaban J connectivity index is 1.42. The zero-order valence-corrected chi connectivity index (χ0v) is 17.2. The van der Waals surface area contributed by atoms with Crippen LogP contribution in [0.4, 0.5) is 11.4 Å². The van der Waals surface area contributed by atoms with Crippen LogP contribution >= 0.6 is 0 Å². The Morgan fingerprint density at radius 3 is 2.53 bits per heavy atom. The number of hydrogen-bond donors (Lipinski definition) is 1. The van der Waals surface area contributed by atoms with Gasteiger partial charge in [0.2, 0.25) is 11.8 Å². The quantitative estimate of drug-likeness (QED) is 0.660. The Bertz CT molecular complexity index is 1100. The van der Waals surface area contributed by atoms with E-state index in [1.807, 2.05) is 72.8 Å². The first-order valence-electron chi connectivity index (χ1n) is 9.80. The SMILES string of the molecule is O=C(CN1C(=O)CCc2ccccc21)Nc1cccc(CS(=O)c2ccccc2)c1. The van der Waals surface area contributed by atoms with Gasteiger partial charge < -0.3 is 10.2 Å².